The van der Waals surface area contributed by atoms with Crippen molar-refractivity contribution in [3.63, 3.8) is 0 Å². The first-order chi connectivity index (χ1) is 10.8. The second-order valence-corrected chi connectivity index (χ2v) is 6.94. The predicted octanol–water partition coefficient (Wildman–Crippen LogP) is -0.0724. The summed E-state index contributed by atoms with van der Waals surface area (Å²) in [5.74, 6) is -0.392. The van der Waals surface area contributed by atoms with Gasteiger partial charge in [-0.1, -0.05) is 0 Å². The van der Waals surface area contributed by atoms with Gasteiger partial charge < -0.3 is 15.0 Å². The molecule has 9 heteroatoms. The Labute approximate surface area is 134 Å². The van der Waals surface area contributed by atoms with Gasteiger partial charge in [0.2, 0.25) is 15.9 Å². The van der Waals surface area contributed by atoms with Crippen LogP contribution >= 0.6 is 0 Å². The maximum absolute atomic E-state index is 11.7. The van der Waals surface area contributed by atoms with E-state index >= 15 is 0 Å². The van der Waals surface area contributed by atoms with E-state index in [0.717, 1.165) is 11.9 Å². The Morgan fingerprint density at radius 3 is 2.61 bits per heavy atom. The lowest BCUT2D eigenvalue weighted by Gasteiger charge is -2.26. The first-order valence-corrected chi connectivity index (χ1v) is 8.97. The fourth-order valence-electron chi connectivity index (χ4n) is 2.09. The van der Waals surface area contributed by atoms with Gasteiger partial charge in [-0.15, -0.1) is 0 Å². The van der Waals surface area contributed by atoms with Gasteiger partial charge in [0.25, 0.3) is 5.91 Å². The zero-order chi connectivity index (χ0) is 16.9. The molecule has 1 aromatic rings. The molecule has 0 saturated carbocycles. The molecule has 1 aromatic carbocycles. The van der Waals surface area contributed by atoms with Crippen LogP contribution in [0.15, 0.2) is 24.3 Å². The van der Waals surface area contributed by atoms with E-state index in [1.165, 1.54) is 0 Å². The highest BCUT2D eigenvalue weighted by molar-refractivity contribution is 7.88. The van der Waals surface area contributed by atoms with Crippen molar-refractivity contribution < 1.29 is 22.7 Å². The number of benzene rings is 1. The Kier molecular flexibility index (Phi) is 5.69. The van der Waals surface area contributed by atoms with Gasteiger partial charge in [0.15, 0.2) is 0 Å². The highest BCUT2D eigenvalue weighted by Gasteiger charge is 2.19. The summed E-state index contributed by atoms with van der Waals surface area (Å²) in [6.45, 7) is 1.12. The fraction of sp³-hybridized carbons (Fsp3) is 0.429. The summed E-state index contributed by atoms with van der Waals surface area (Å²) < 4.78 is 29.1. The van der Waals surface area contributed by atoms with Crippen LogP contribution < -0.4 is 14.9 Å². The van der Waals surface area contributed by atoms with Gasteiger partial charge in [-0.25, -0.2) is 13.1 Å². The normalized spacial score (nSPS) is 15.5. The minimum Gasteiger partial charge on any atom is -0.370 e. The summed E-state index contributed by atoms with van der Waals surface area (Å²) in [4.78, 5) is 25.1. The largest absolute Gasteiger partial charge is 0.370 e. The molecule has 1 saturated heterocycles. The first-order valence-electron chi connectivity index (χ1n) is 7.08. The van der Waals surface area contributed by atoms with Crippen LogP contribution in [0.3, 0.4) is 0 Å². The van der Waals surface area contributed by atoms with E-state index < -0.39 is 10.0 Å². The van der Waals surface area contributed by atoms with Gasteiger partial charge in [-0.05, 0) is 24.3 Å². The van der Waals surface area contributed by atoms with Crippen molar-refractivity contribution >= 4 is 33.2 Å². The van der Waals surface area contributed by atoms with Crippen LogP contribution in [-0.2, 0) is 24.3 Å². The lowest BCUT2D eigenvalue weighted by atomic mass is 10.2. The third kappa shape index (κ3) is 5.62. The molecule has 0 unspecified atom stereocenters. The Bertz CT molecular complexity index is 672. The van der Waals surface area contributed by atoms with Crippen molar-refractivity contribution in [2.45, 2.75) is 6.42 Å². The number of carbonyl (C=O) groups is 2. The molecule has 0 atom stereocenters. The summed E-state index contributed by atoms with van der Waals surface area (Å²) in [6.07, 6.45) is 1.08. The Hall–Kier alpha value is -1.97. The van der Waals surface area contributed by atoms with Crippen LogP contribution in [-0.4, -0.2) is 52.8 Å². The van der Waals surface area contributed by atoms with Gasteiger partial charge in [0.05, 0.1) is 12.9 Å². The fourth-order valence-corrected chi connectivity index (χ4v) is 2.56. The maximum Gasteiger partial charge on any atom is 0.253 e. The van der Waals surface area contributed by atoms with Gasteiger partial charge in [0.1, 0.15) is 6.61 Å². The van der Waals surface area contributed by atoms with E-state index in [-0.39, 0.29) is 31.4 Å². The Morgan fingerprint density at radius 2 is 2.00 bits per heavy atom. The van der Waals surface area contributed by atoms with Crippen LogP contribution in [0.25, 0.3) is 0 Å². The summed E-state index contributed by atoms with van der Waals surface area (Å²) >= 11 is 0. The quantitative estimate of drug-likeness (QED) is 0.753. The monoisotopic (exact) mass is 341 g/mol. The Balaban J connectivity index is 1.87. The molecule has 8 nitrogen and oxygen atoms in total. The summed E-state index contributed by atoms with van der Waals surface area (Å²) in [7, 11) is -3.29. The van der Waals surface area contributed by atoms with Gasteiger partial charge in [-0.2, -0.15) is 0 Å². The van der Waals surface area contributed by atoms with E-state index in [0.29, 0.717) is 18.8 Å². The number of hydrogen-bond acceptors (Lipinski definition) is 5. The zero-order valence-electron chi connectivity index (χ0n) is 12.7. The van der Waals surface area contributed by atoms with E-state index in [9.17, 15) is 18.0 Å². The molecule has 2 rings (SSSR count). The van der Waals surface area contributed by atoms with Gasteiger partial charge in [0, 0.05) is 30.9 Å². The molecular formula is C14H19N3O5S. The van der Waals surface area contributed by atoms with Crippen molar-refractivity contribution in [2.75, 3.05) is 42.8 Å². The molecule has 1 fully saturated rings. The molecule has 1 heterocycles. The molecule has 0 aromatic heterocycles. The number of amides is 2. The zero-order valence-corrected chi connectivity index (χ0v) is 13.6. The molecule has 0 aliphatic carbocycles. The van der Waals surface area contributed by atoms with Crippen LogP contribution in [0.5, 0.6) is 0 Å². The standard InChI is InChI=1S/C14H19N3O5S/c1-23(20,21)15-7-6-13(18)16-11-2-4-12(5-3-11)17-8-9-22-10-14(17)19/h2-5,15H,6-10H2,1H3,(H,16,18). The second-order valence-electron chi connectivity index (χ2n) is 5.11. The molecule has 126 valence electrons. The lowest BCUT2D eigenvalue weighted by Crippen LogP contribution is -2.41. The minimum absolute atomic E-state index is 0.0385. The number of hydrogen-bond donors (Lipinski definition) is 2. The number of nitrogens with zero attached hydrogens (tertiary/aromatic N) is 1. The highest BCUT2D eigenvalue weighted by Crippen LogP contribution is 2.19. The van der Waals surface area contributed by atoms with Crippen molar-refractivity contribution in [2.24, 2.45) is 0 Å². The summed E-state index contributed by atoms with van der Waals surface area (Å²) in [6, 6.07) is 6.88. The molecule has 0 radical (unpaired) electrons. The molecule has 1 aliphatic heterocycles. The molecule has 2 amide bonds. The predicted molar refractivity (Wildman–Crippen MR) is 85.7 cm³/mol. The van der Waals surface area contributed by atoms with E-state index in [1.54, 1.807) is 29.2 Å². The highest BCUT2D eigenvalue weighted by atomic mass is 32.2. The topological polar surface area (TPSA) is 105 Å². The molecule has 2 N–H and O–H groups in total. The van der Waals surface area contributed by atoms with Crippen LogP contribution in [0.1, 0.15) is 6.42 Å². The van der Waals surface area contributed by atoms with Crippen LogP contribution in [0.2, 0.25) is 0 Å². The van der Waals surface area contributed by atoms with Crippen molar-refractivity contribution in [3.8, 4) is 0 Å². The van der Waals surface area contributed by atoms with Crippen LogP contribution in [0.4, 0.5) is 11.4 Å². The third-order valence-electron chi connectivity index (χ3n) is 3.16. The van der Waals surface area contributed by atoms with Crippen molar-refractivity contribution in [1.29, 1.82) is 0 Å². The van der Waals surface area contributed by atoms with Crippen molar-refractivity contribution in [1.82, 2.24) is 4.72 Å². The van der Waals surface area contributed by atoms with E-state index in [4.69, 9.17) is 4.74 Å². The molecule has 1 aliphatic rings. The molecule has 23 heavy (non-hydrogen) atoms. The van der Waals surface area contributed by atoms with Gasteiger partial charge >= 0.3 is 0 Å². The van der Waals surface area contributed by atoms with Gasteiger partial charge in [-0.3, -0.25) is 9.59 Å². The third-order valence-corrected chi connectivity index (χ3v) is 3.89. The smallest absolute Gasteiger partial charge is 0.253 e. The maximum atomic E-state index is 11.7. The molecule has 0 bridgehead atoms. The number of carbonyl (C=O) groups excluding carboxylic acids is 2. The average Bonchev–Trinajstić information content (AvgIpc) is 2.47. The van der Waals surface area contributed by atoms with E-state index in [1.807, 2.05) is 0 Å². The lowest BCUT2D eigenvalue weighted by molar-refractivity contribution is -0.125. The minimum atomic E-state index is -3.29. The Morgan fingerprint density at radius 1 is 1.30 bits per heavy atom. The number of sulfonamides is 1. The number of morpholine rings is 1. The van der Waals surface area contributed by atoms with Crippen LogP contribution in [0, 0.1) is 0 Å². The van der Waals surface area contributed by atoms with E-state index in [2.05, 4.69) is 10.0 Å². The summed E-state index contributed by atoms with van der Waals surface area (Å²) in [5, 5.41) is 2.67. The second kappa shape index (κ2) is 7.53. The number of rotatable bonds is 6. The average molecular weight is 341 g/mol. The molecule has 0 spiro atoms. The van der Waals surface area contributed by atoms with Crippen molar-refractivity contribution in [3.05, 3.63) is 24.3 Å². The number of nitrogens with one attached hydrogen (secondary N) is 2. The molecular weight excluding hydrogens is 322 g/mol. The first kappa shape index (κ1) is 17.4. The summed E-state index contributed by atoms with van der Waals surface area (Å²) in [5.41, 5.74) is 1.33. The SMILES string of the molecule is CS(=O)(=O)NCCC(=O)Nc1ccc(N2CCOCC2=O)cc1. The number of ether oxygens (including phenoxy) is 1. The number of anilines is 2.